The van der Waals surface area contributed by atoms with Crippen molar-refractivity contribution in [2.24, 2.45) is 17.1 Å². The van der Waals surface area contributed by atoms with Crippen molar-refractivity contribution >= 4 is 5.91 Å². The summed E-state index contributed by atoms with van der Waals surface area (Å²) in [5.41, 5.74) is 4.93. The first-order valence-corrected chi connectivity index (χ1v) is 6.25. The molecule has 3 saturated heterocycles. The van der Waals surface area contributed by atoms with Crippen LogP contribution in [-0.2, 0) is 4.79 Å². The van der Waals surface area contributed by atoms with Crippen LogP contribution in [0.2, 0.25) is 0 Å². The van der Waals surface area contributed by atoms with Crippen molar-refractivity contribution in [1.29, 1.82) is 0 Å². The monoisotopic (exact) mass is 225 g/mol. The van der Waals surface area contributed by atoms with Crippen molar-refractivity contribution in [3.63, 3.8) is 0 Å². The lowest BCUT2D eigenvalue weighted by Gasteiger charge is -2.45. The number of nitrogens with zero attached hydrogens (tertiary/aromatic N) is 1. The summed E-state index contributed by atoms with van der Waals surface area (Å²) in [5, 5.41) is 3.53. The molecule has 1 atom stereocenters. The van der Waals surface area contributed by atoms with E-state index in [4.69, 9.17) is 5.73 Å². The molecule has 0 radical (unpaired) electrons. The number of nitrogens with two attached hydrogens (primary N) is 1. The van der Waals surface area contributed by atoms with E-state index in [9.17, 15) is 4.79 Å². The highest BCUT2D eigenvalue weighted by molar-refractivity contribution is 5.80. The molecular weight excluding hydrogens is 202 g/mol. The second kappa shape index (κ2) is 4.34. The zero-order valence-electron chi connectivity index (χ0n) is 10.3. The van der Waals surface area contributed by atoms with Crippen LogP contribution in [0.1, 0.15) is 26.7 Å². The van der Waals surface area contributed by atoms with Crippen molar-refractivity contribution in [3.8, 4) is 0 Å². The number of nitrogens with one attached hydrogen (secondary N) is 1. The Kier molecular flexibility index (Phi) is 3.22. The number of primary amides is 1. The molecule has 4 nitrogen and oxygen atoms in total. The SMILES string of the molecule is CC(C)(CNC1CN2CCC1CC2)C(N)=O. The van der Waals surface area contributed by atoms with Crippen LogP contribution in [0.3, 0.4) is 0 Å². The van der Waals surface area contributed by atoms with Gasteiger partial charge >= 0.3 is 0 Å². The van der Waals surface area contributed by atoms with Crippen molar-refractivity contribution in [2.45, 2.75) is 32.7 Å². The maximum Gasteiger partial charge on any atom is 0.224 e. The normalized spacial score (nSPS) is 34.0. The van der Waals surface area contributed by atoms with E-state index >= 15 is 0 Å². The van der Waals surface area contributed by atoms with Crippen LogP contribution in [0.4, 0.5) is 0 Å². The van der Waals surface area contributed by atoms with Gasteiger partial charge in [-0.25, -0.2) is 0 Å². The van der Waals surface area contributed by atoms with E-state index < -0.39 is 5.41 Å². The number of carbonyl (C=O) groups excluding carboxylic acids is 1. The molecule has 3 N–H and O–H groups in total. The van der Waals surface area contributed by atoms with Gasteiger partial charge in [0.25, 0.3) is 0 Å². The summed E-state index contributed by atoms with van der Waals surface area (Å²) in [5.74, 6) is 0.579. The highest BCUT2D eigenvalue weighted by atomic mass is 16.1. The van der Waals surface area contributed by atoms with Gasteiger partial charge in [0.2, 0.25) is 5.91 Å². The Morgan fingerprint density at radius 3 is 2.50 bits per heavy atom. The zero-order valence-corrected chi connectivity index (χ0v) is 10.3. The number of hydrogen-bond donors (Lipinski definition) is 2. The smallest absolute Gasteiger partial charge is 0.224 e. The van der Waals surface area contributed by atoms with Crippen LogP contribution >= 0.6 is 0 Å². The Morgan fingerprint density at radius 2 is 2.06 bits per heavy atom. The molecule has 0 aromatic heterocycles. The third-order valence-corrected chi connectivity index (χ3v) is 4.13. The molecule has 3 aliphatic heterocycles. The van der Waals surface area contributed by atoms with E-state index in [0.717, 1.165) is 12.5 Å². The van der Waals surface area contributed by atoms with Crippen LogP contribution < -0.4 is 11.1 Å². The summed E-state index contributed by atoms with van der Waals surface area (Å²) < 4.78 is 0. The Labute approximate surface area is 97.6 Å². The van der Waals surface area contributed by atoms with E-state index in [1.165, 1.54) is 25.9 Å². The third kappa shape index (κ3) is 2.38. The fourth-order valence-electron chi connectivity index (χ4n) is 2.67. The highest BCUT2D eigenvalue weighted by Crippen LogP contribution is 2.28. The maximum absolute atomic E-state index is 11.2. The largest absolute Gasteiger partial charge is 0.369 e. The third-order valence-electron chi connectivity index (χ3n) is 4.13. The Bertz CT molecular complexity index is 269. The van der Waals surface area contributed by atoms with E-state index in [1.807, 2.05) is 13.8 Å². The minimum absolute atomic E-state index is 0.221. The van der Waals surface area contributed by atoms with Crippen LogP contribution in [0.5, 0.6) is 0 Å². The number of rotatable bonds is 4. The van der Waals surface area contributed by atoms with Gasteiger partial charge in [-0.15, -0.1) is 0 Å². The Hall–Kier alpha value is -0.610. The van der Waals surface area contributed by atoms with Gasteiger partial charge in [-0.3, -0.25) is 4.79 Å². The minimum atomic E-state index is -0.438. The molecule has 1 unspecified atom stereocenters. The van der Waals surface area contributed by atoms with Gasteiger partial charge in [0.1, 0.15) is 0 Å². The maximum atomic E-state index is 11.2. The summed E-state index contributed by atoms with van der Waals surface area (Å²) >= 11 is 0. The first-order chi connectivity index (χ1) is 7.49. The zero-order chi connectivity index (χ0) is 11.8. The number of carbonyl (C=O) groups is 1. The Balaban J connectivity index is 1.84. The van der Waals surface area contributed by atoms with Crippen LogP contribution in [-0.4, -0.2) is 43.0 Å². The second-order valence-corrected chi connectivity index (χ2v) is 5.87. The van der Waals surface area contributed by atoms with Gasteiger partial charge in [-0.1, -0.05) is 0 Å². The fourth-order valence-corrected chi connectivity index (χ4v) is 2.67. The predicted octanol–water partition coefficient (Wildman–Crippen LogP) is 0.182. The summed E-state index contributed by atoms with van der Waals surface area (Å²) in [6.07, 6.45) is 2.60. The van der Waals surface area contributed by atoms with Gasteiger partial charge < -0.3 is 16.0 Å². The molecule has 0 aliphatic carbocycles. The van der Waals surface area contributed by atoms with E-state index in [1.54, 1.807) is 0 Å². The molecule has 0 spiro atoms. The molecular formula is C12H23N3O. The molecule has 0 aromatic rings. The van der Waals surface area contributed by atoms with Crippen LogP contribution in [0.15, 0.2) is 0 Å². The lowest BCUT2D eigenvalue weighted by atomic mass is 9.83. The summed E-state index contributed by atoms with van der Waals surface area (Å²) in [7, 11) is 0. The lowest BCUT2D eigenvalue weighted by Crippen LogP contribution is -2.58. The summed E-state index contributed by atoms with van der Waals surface area (Å²) in [6.45, 7) is 8.15. The number of piperidine rings is 3. The Morgan fingerprint density at radius 1 is 1.44 bits per heavy atom. The lowest BCUT2D eigenvalue weighted by molar-refractivity contribution is -0.126. The average Bonchev–Trinajstić information content (AvgIpc) is 2.28. The van der Waals surface area contributed by atoms with Crippen molar-refractivity contribution in [3.05, 3.63) is 0 Å². The standard InChI is InChI=1S/C12H23N3O/c1-12(2,11(13)16)8-14-10-7-15-5-3-9(10)4-6-15/h9-10,14H,3-8H2,1-2H3,(H2,13,16). The molecule has 3 fully saturated rings. The molecule has 2 bridgehead atoms. The fraction of sp³-hybridized carbons (Fsp3) is 0.917. The molecule has 1 amide bonds. The average molecular weight is 225 g/mol. The van der Waals surface area contributed by atoms with E-state index in [-0.39, 0.29) is 5.91 Å². The first kappa shape index (κ1) is 11.9. The quantitative estimate of drug-likeness (QED) is 0.717. The van der Waals surface area contributed by atoms with Crippen molar-refractivity contribution in [1.82, 2.24) is 10.2 Å². The van der Waals surface area contributed by atoms with Crippen LogP contribution in [0, 0.1) is 11.3 Å². The van der Waals surface area contributed by atoms with Crippen molar-refractivity contribution in [2.75, 3.05) is 26.2 Å². The summed E-state index contributed by atoms with van der Waals surface area (Å²) in [4.78, 5) is 13.7. The van der Waals surface area contributed by atoms with Crippen molar-refractivity contribution < 1.29 is 4.79 Å². The first-order valence-electron chi connectivity index (χ1n) is 6.25. The van der Waals surface area contributed by atoms with Crippen LogP contribution in [0.25, 0.3) is 0 Å². The van der Waals surface area contributed by atoms with Gasteiger partial charge in [0.15, 0.2) is 0 Å². The number of amides is 1. The second-order valence-electron chi connectivity index (χ2n) is 5.87. The van der Waals surface area contributed by atoms with Gasteiger partial charge in [0.05, 0.1) is 5.41 Å². The molecule has 0 aromatic carbocycles. The van der Waals surface area contributed by atoms with Gasteiger partial charge in [-0.2, -0.15) is 0 Å². The molecule has 92 valence electrons. The summed E-state index contributed by atoms with van der Waals surface area (Å²) in [6, 6.07) is 0.557. The van der Waals surface area contributed by atoms with E-state index in [2.05, 4.69) is 10.2 Å². The minimum Gasteiger partial charge on any atom is -0.369 e. The number of fused-ring (bicyclic) bond motifs is 3. The van der Waals surface area contributed by atoms with E-state index in [0.29, 0.717) is 12.6 Å². The topological polar surface area (TPSA) is 58.4 Å². The number of hydrogen-bond acceptors (Lipinski definition) is 3. The molecule has 0 saturated carbocycles. The molecule has 3 rings (SSSR count). The highest BCUT2D eigenvalue weighted by Gasteiger charge is 2.35. The molecule has 3 aliphatic rings. The molecule has 3 heterocycles. The predicted molar refractivity (Wildman–Crippen MR) is 63.9 cm³/mol. The van der Waals surface area contributed by atoms with Gasteiger partial charge in [-0.05, 0) is 45.7 Å². The molecule has 16 heavy (non-hydrogen) atoms. The molecule has 4 heteroatoms. The van der Waals surface area contributed by atoms with Gasteiger partial charge in [0, 0.05) is 19.1 Å².